The molecule has 0 saturated carbocycles. The van der Waals surface area contributed by atoms with Crippen LogP contribution >= 0.6 is 0 Å². The number of alkyl halides is 3. The molecule has 0 bridgehead atoms. The van der Waals surface area contributed by atoms with Crippen molar-refractivity contribution in [3.8, 4) is 6.07 Å². The summed E-state index contributed by atoms with van der Waals surface area (Å²) in [7, 11) is 1.39. The molecule has 0 saturated heterocycles. The van der Waals surface area contributed by atoms with Gasteiger partial charge in [-0.3, -0.25) is 9.59 Å². The molecule has 0 fully saturated rings. The van der Waals surface area contributed by atoms with Crippen molar-refractivity contribution in [1.82, 2.24) is 0 Å². The van der Waals surface area contributed by atoms with Crippen LogP contribution in [0.25, 0.3) is 0 Å². The predicted molar refractivity (Wildman–Crippen MR) is 76.7 cm³/mol. The maximum atomic E-state index is 12.4. The van der Waals surface area contributed by atoms with Gasteiger partial charge in [0, 0.05) is 20.0 Å². The van der Waals surface area contributed by atoms with Crippen LogP contribution in [0.4, 0.5) is 13.2 Å². The van der Waals surface area contributed by atoms with Crippen molar-refractivity contribution >= 4 is 11.8 Å². The van der Waals surface area contributed by atoms with E-state index >= 15 is 0 Å². The van der Waals surface area contributed by atoms with Gasteiger partial charge in [0.2, 0.25) is 5.92 Å². The highest BCUT2D eigenvalue weighted by Crippen LogP contribution is 2.29. The van der Waals surface area contributed by atoms with E-state index in [-0.39, 0.29) is 26.1 Å². The number of ether oxygens (including phenoxy) is 2. The largest absolute Gasteiger partial charge is 0.464 e. The average Bonchev–Trinajstić information content (AvgIpc) is 2.53. The molecule has 1 atom stereocenters. The normalized spacial score (nSPS) is 12.3. The Labute approximate surface area is 137 Å². The van der Waals surface area contributed by atoms with E-state index in [1.165, 1.54) is 19.2 Å². The Kier molecular flexibility index (Phi) is 7.39. The Bertz CT molecular complexity index is 605. The van der Waals surface area contributed by atoms with Crippen molar-refractivity contribution in [1.29, 1.82) is 5.26 Å². The standard InChI is InChI=1S/C16H16F3NO4/c1-23-8-7-14(21)13(10-20)15(22)24-9-6-11-2-4-12(5-3-11)16(17,18)19/h2-5,13H,6-9H2,1H3. The molecule has 130 valence electrons. The Morgan fingerprint density at radius 1 is 1.21 bits per heavy atom. The molecule has 5 nitrogen and oxygen atoms in total. The van der Waals surface area contributed by atoms with E-state index in [0.29, 0.717) is 5.56 Å². The van der Waals surface area contributed by atoms with Gasteiger partial charge in [-0.2, -0.15) is 18.4 Å². The fourth-order valence-corrected chi connectivity index (χ4v) is 1.82. The topological polar surface area (TPSA) is 76.4 Å². The van der Waals surface area contributed by atoms with E-state index in [1.54, 1.807) is 6.07 Å². The van der Waals surface area contributed by atoms with Gasteiger partial charge in [-0.25, -0.2) is 0 Å². The minimum absolute atomic E-state index is 0.0806. The number of carbonyl (C=O) groups excluding carboxylic acids is 2. The number of methoxy groups -OCH3 is 1. The number of rotatable bonds is 8. The fraction of sp³-hybridized carbons (Fsp3) is 0.438. The van der Waals surface area contributed by atoms with E-state index in [0.717, 1.165) is 12.1 Å². The first-order valence-electron chi connectivity index (χ1n) is 7.03. The van der Waals surface area contributed by atoms with Crippen molar-refractivity contribution in [3.05, 3.63) is 35.4 Å². The molecule has 0 aliphatic carbocycles. The molecule has 1 rings (SSSR count). The molecule has 1 aromatic rings. The SMILES string of the molecule is COCCC(=O)C(C#N)C(=O)OCCc1ccc(C(F)(F)F)cc1. The minimum Gasteiger partial charge on any atom is -0.464 e. The number of esters is 1. The number of halogens is 3. The van der Waals surface area contributed by atoms with Gasteiger partial charge in [0.15, 0.2) is 5.78 Å². The molecule has 0 amide bonds. The molecule has 1 aromatic carbocycles. The van der Waals surface area contributed by atoms with Gasteiger partial charge in [-0.15, -0.1) is 0 Å². The molecule has 0 aliphatic rings. The van der Waals surface area contributed by atoms with Crippen LogP contribution in [0.15, 0.2) is 24.3 Å². The molecule has 0 aliphatic heterocycles. The Hall–Kier alpha value is -2.40. The zero-order valence-corrected chi connectivity index (χ0v) is 12.9. The van der Waals surface area contributed by atoms with E-state index in [2.05, 4.69) is 0 Å². The van der Waals surface area contributed by atoms with Crippen LogP contribution in [0.3, 0.4) is 0 Å². The number of hydrogen-bond donors (Lipinski definition) is 0. The van der Waals surface area contributed by atoms with Gasteiger partial charge in [-0.05, 0) is 17.7 Å². The molecular formula is C16H16F3NO4. The third-order valence-electron chi connectivity index (χ3n) is 3.16. The first-order chi connectivity index (χ1) is 11.3. The third kappa shape index (κ3) is 6.01. The predicted octanol–water partition coefficient (Wildman–Crippen LogP) is 2.54. The highest BCUT2D eigenvalue weighted by molar-refractivity contribution is 6.01. The van der Waals surface area contributed by atoms with Crippen LogP contribution in [0.2, 0.25) is 0 Å². The fourth-order valence-electron chi connectivity index (χ4n) is 1.82. The highest BCUT2D eigenvalue weighted by atomic mass is 19.4. The summed E-state index contributed by atoms with van der Waals surface area (Å²) in [6.45, 7) is -0.0459. The number of benzene rings is 1. The lowest BCUT2D eigenvalue weighted by Gasteiger charge is -2.10. The van der Waals surface area contributed by atoms with Gasteiger partial charge < -0.3 is 9.47 Å². The van der Waals surface area contributed by atoms with Gasteiger partial charge in [0.1, 0.15) is 0 Å². The second-order valence-electron chi connectivity index (χ2n) is 4.88. The minimum atomic E-state index is -4.41. The molecular weight excluding hydrogens is 327 g/mol. The van der Waals surface area contributed by atoms with Crippen LogP contribution in [0.1, 0.15) is 17.5 Å². The number of Topliss-reactive ketones (excluding diaryl/α,β-unsaturated/α-hetero) is 1. The van der Waals surface area contributed by atoms with E-state index in [9.17, 15) is 22.8 Å². The Morgan fingerprint density at radius 3 is 2.33 bits per heavy atom. The van der Waals surface area contributed by atoms with E-state index < -0.39 is 29.4 Å². The quantitative estimate of drug-likeness (QED) is 0.535. The van der Waals surface area contributed by atoms with E-state index in [4.69, 9.17) is 14.7 Å². The molecule has 0 aromatic heterocycles. The smallest absolute Gasteiger partial charge is 0.416 e. The number of nitriles is 1. The lowest BCUT2D eigenvalue weighted by Crippen LogP contribution is -2.26. The number of hydrogen-bond acceptors (Lipinski definition) is 5. The summed E-state index contributed by atoms with van der Waals surface area (Å²) in [6, 6.07) is 6.01. The molecule has 8 heteroatoms. The first-order valence-corrected chi connectivity index (χ1v) is 7.03. The molecule has 1 unspecified atom stereocenters. The van der Waals surface area contributed by atoms with Crippen LogP contribution in [-0.2, 0) is 31.7 Å². The second kappa shape index (κ2) is 9.03. The van der Waals surface area contributed by atoms with Crippen LogP contribution in [0.5, 0.6) is 0 Å². The van der Waals surface area contributed by atoms with Crippen LogP contribution in [-0.4, -0.2) is 32.1 Å². The molecule has 0 heterocycles. The molecule has 0 N–H and O–H groups in total. The highest BCUT2D eigenvalue weighted by Gasteiger charge is 2.30. The summed E-state index contributed by atoms with van der Waals surface area (Å²) in [5, 5.41) is 8.87. The van der Waals surface area contributed by atoms with Crippen LogP contribution in [0, 0.1) is 17.2 Å². The lowest BCUT2D eigenvalue weighted by molar-refractivity contribution is -0.149. The number of nitrogens with zero attached hydrogens (tertiary/aromatic N) is 1. The van der Waals surface area contributed by atoms with Gasteiger partial charge in [-0.1, -0.05) is 12.1 Å². The molecule has 24 heavy (non-hydrogen) atoms. The summed E-state index contributed by atoms with van der Waals surface area (Å²) >= 11 is 0. The summed E-state index contributed by atoms with van der Waals surface area (Å²) in [4.78, 5) is 23.3. The maximum absolute atomic E-state index is 12.4. The maximum Gasteiger partial charge on any atom is 0.416 e. The average molecular weight is 343 g/mol. The van der Waals surface area contributed by atoms with Gasteiger partial charge in [0.25, 0.3) is 0 Å². The van der Waals surface area contributed by atoms with E-state index in [1.807, 2.05) is 0 Å². The zero-order valence-electron chi connectivity index (χ0n) is 12.9. The second-order valence-corrected chi connectivity index (χ2v) is 4.88. The number of ketones is 1. The zero-order chi connectivity index (χ0) is 18.2. The summed E-state index contributed by atoms with van der Waals surface area (Å²) < 4.78 is 46.8. The summed E-state index contributed by atoms with van der Waals surface area (Å²) in [5.41, 5.74) is -0.230. The molecule has 0 radical (unpaired) electrons. The Balaban J connectivity index is 2.50. The summed E-state index contributed by atoms with van der Waals surface area (Å²) in [6.07, 6.45) is -4.31. The van der Waals surface area contributed by atoms with Gasteiger partial charge >= 0.3 is 12.1 Å². The summed E-state index contributed by atoms with van der Waals surface area (Å²) in [5.74, 6) is -3.09. The first kappa shape index (κ1) is 19.6. The van der Waals surface area contributed by atoms with Crippen molar-refractivity contribution in [2.45, 2.75) is 19.0 Å². The lowest BCUT2D eigenvalue weighted by atomic mass is 10.0. The monoisotopic (exact) mass is 343 g/mol. The van der Waals surface area contributed by atoms with Crippen molar-refractivity contribution in [3.63, 3.8) is 0 Å². The third-order valence-corrected chi connectivity index (χ3v) is 3.16. The van der Waals surface area contributed by atoms with Crippen LogP contribution < -0.4 is 0 Å². The number of carbonyl (C=O) groups is 2. The van der Waals surface area contributed by atoms with Crippen molar-refractivity contribution in [2.24, 2.45) is 5.92 Å². The van der Waals surface area contributed by atoms with Gasteiger partial charge in [0.05, 0.1) is 24.8 Å². The molecule has 0 spiro atoms. The Morgan fingerprint density at radius 2 is 1.83 bits per heavy atom. The van der Waals surface area contributed by atoms with Crippen molar-refractivity contribution < 1.29 is 32.2 Å². The van der Waals surface area contributed by atoms with Crippen molar-refractivity contribution in [2.75, 3.05) is 20.3 Å².